The molecule has 0 saturated heterocycles. The Morgan fingerprint density at radius 2 is 1.90 bits per heavy atom. The van der Waals surface area contributed by atoms with E-state index in [0.29, 0.717) is 17.8 Å². The van der Waals surface area contributed by atoms with Gasteiger partial charge in [0, 0.05) is 4.47 Å². The standard InChI is InChI=1S/C16H23BrO2S/c1-11(2)15-9-4-12(3)10-16(15)19-20(18)14-7-5-13(17)6-8-14/h5-8,11-12,15-16H,4,9-10H2,1-3H3/t12-,15+,16-,20+/m1/s1. The second-order valence-electron chi connectivity index (χ2n) is 6.15. The van der Waals surface area contributed by atoms with Crippen LogP contribution in [-0.2, 0) is 15.3 Å². The monoisotopic (exact) mass is 358 g/mol. The first kappa shape index (κ1) is 16.2. The fourth-order valence-corrected chi connectivity index (χ4v) is 4.12. The molecular weight excluding hydrogens is 336 g/mol. The van der Waals surface area contributed by atoms with Crippen LogP contribution in [0.3, 0.4) is 0 Å². The topological polar surface area (TPSA) is 26.3 Å². The highest BCUT2D eigenvalue weighted by molar-refractivity contribution is 9.10. The van der Waals surface area contributed by atoms with Crippen molar-refractivity contribution in [2.45, 2.75) is 51.0 Å². The summed E-state index contributed by atoms with van der Waals surface area (Å²) in [5.74, 6) is 1.76. The Morgan fingerprint density at radius 3 is 2.50 bits per heavy atom. The van der Waals surface area contributed by atoms with Crippen molar-refractivity contribution in [2.75, 3.05) is 0 Å². The molecule has 0 spiro atoms. The first-order valence-corrected chi connectivity index (χ1v) is 9.18. The molecule has 1 aliphatic carbocycles. The molecule has 1 saturated carbocycles. The zero-order valence-corrected chi connectivity index (χ0v) is 14.7. The lowest BCUT2D eigenvalue weighted by Gasteiger charge is -2.36. The average molecular weight is 359 g/mol. The Bertz CT molecular complexity index is 458. The van der Waals surface area contributed by atoms with Gasteiger partial charge in [0.1, 0.15) is 0 Å². The van der Waals surface area contributed by atoms with Gasteiger partial charge < -0.3 is 0 Å². The van der Waals surface area contributed by atoms with Crippen molar-refractivity contribution >= 4 is 27.0 Å². The smallest absolute Gasteiger partial charge is 0.189 e. The predicted octanol–water partition coefficient (Wildman–Crippen LogP) is 4.95. The van der Waals surface area contributed by atoms with Gasteiger partial charge >= 0.3 is 0 Å². The van der Waals surface area contributed by atoms with Crippen LogP contribution in [0.25, 0.3) is 0 Å². The van der Waals surface area contributed by atoms with Crippen LogP contribution < -0.4 is 0 Å². The van der Waals surface area contributed by atoms with E-state index in [1.54, 1.807) is 0 Å². The minimum absolute atomic E-state index is 0.114. The molecule has 0 radical (unpaired) electrons. The summed E-state index contributed by atoms with van der Waals surface area (Å²) in [6.07, 6.45) is 3.57. The Balaban J connectivity index is 2.05. The van der Waals surface area contributed by atoms with Crippen LogP contribution in [0.5, 0.6) is 0 Å². The highest BCUT2D eigenvalue weighted by Gasteiger charge is 2.33. The third kappa shape index (κ3) is 4.15. The van der Waals surface area contributed by atoms with Crippen molar-refractivity contribution in [2.24, 2.45) is 17.8 Å². The van der Waals surface area contributed by atoms with Crippen molar-refractivity contribution in [3.63, 3.8) is 0 Å². The van der Waals surface area contributed by atoms with Crippen LogP contribution >= 0.6 is 15.9 Å². The molecule has 1 aliphatic rings. The van der Waals surface area contributed by atoms with Crippen molar-refractivity contribution in [1.29, 1.82) is 0 Å². The summed E-state index contributed by atoms with van der Waals surface area (Å²) in [6, 6.07) is 7.52. The number of hydrogen-bond donors (Lipinski definition) is 0. The third-order valence-electron chi connectivity index (χ3n) is 4.18. The maximum absolute atomic E-state index is 12.4. The highest BCUT2D eigenvalue weighted by Crippen LogP contribution is 2.36. The molecule has 112 valence electrons. The van der Waals surface area contributed by atoms with Crippen LogP contribution in [-0.4, -0.2) is 10.3 Å². The molecule has 0 bridgehead atoms. The molecule has 2 rings (SSSR count). The van der Waals surface area contributed by atoms with Gasteiger partial charge in [-0.2, -0.15) is 0 Å². The Hall–Kier alpha value is -0.190. The van der Waals surface area contributed by atoms with Gasteiger partial charge in [-0.25, -0.2) is 4.21 Å². The summed E-state index contributed by atoms with van der Waals surface area (Å²) in [4.78, 5) is 0.744. The maximum atomic E-state index is 12.4. The van der Waals surface area contributed by atoms with E-state index in [-0.39, 0.29) is 6.10 Å². The average Bonchev–Trinajstić information content (AvgIpc) is 2.39. The molecule has 2 nitrogen and oxygen atoms in total. The van der Waals surface area contributed by atoms with Crippen LogP contribution in [0.2, 0.25) is 0 Å². The summed E-state index contributed by atoms with van der Waals surface area (Å²) in [5, 5.41) is 0. The zero-order chi connectivity index (χ0) is 14.7. The largest absolute Gasteiger partial charge is 0.283 e. The minimum atomic E-state index is -1.36. The van der Waals surface area contributed by atoms with Crippen LogP contribution in [0.4, 0.5) is 0 Å². The second-order valence-corrected chi connectivity index (χ2v) is 8.20. The van der Waals surface area contributed by atoms with E-state index in [1.165, 1.54) is 12.8 Å². The molecule has 4 heteroatoms. The fourth-order valence-electron chi connectivity index (χ4n) is 2.94. The van der Waals surface area contributed by atoms with E-state index in [4.69, 9.17) is 4.18 Å². The summed E-state index contributed by atoms with van der Waals surface area (Å²) >= 11 is 2.03. The lowest BCUT2D eigenvalue weighted by Crippen LogP contribution is -2.34. The van der Waals surface area contributed by atoms with E-state index in [9.17, 15) is 4.21 Å². The molecule has 4 atom stereocenters. The van der Waals surface area contributed by atoms with Crippen LogP contribution in [0.1, 0.15) is 40.0 Å². The van der Waals surface area contributed by atoms with Crippen molar-refractivity contribution in [3.05, 3.63) is 28.7 Å². The molecule has 0 amide bonds. The number of halogens is 1. The van der Waals surface area contributed by atoms with Gasteiger partial charge in [0.2, 0.25) is 0 Å². The van der Waals surface area contributed by atoms with E-state index in [1.807, 2.05) is 24.3 Å². The third-order valence-corrected chi connectivity index (χ3v) is 5.79. The molecule has 0 N–H and O–H groups in total. The van der Waals surface area contributed by atoms with Crippen molar-refractivity contribution < 1.29 is 8.39 Å². The summed E-state index contributed by atoms with van der Waals surface area (Å²) in [6.45, 7) is 6.73. The van der Waals surface area contributed by atoms with Gasteiger partial charge in [-0.05, 0) is 54.9 Å². The van der Waals surface area contributed by atoms with E-state index >= 15 is 0 Å². The molecule has 1 aromatic carbocycles. The van der Waals surface area contributed by atoms with Gasteiger partial charge in [0.05, 0.1) is 11.0 Å². The van der Waals surface area contributed by atoms with E-state index in [2.05, 4.69) is 36.7 Å². The molecule has 0 unspecified atom stereocenters. The van der Waals surface area contributed by atoms with Gasteiger partial charge in [0.15, 0.2) is 11.1 Å². The second kappa shape index (κ2) is 7.19. The van der Waals surface area contributed by atoms with Gasteiger partial charge in [-0.1, -0.05) is 43.1 Å². The Kier molecular flexibility index (Phi) is 5.82. The van der Waals surface area contributed by atoms with Crippen molar-refractivity contribution in [1.82, 2.24) is 0 Å². The van der Waals surface area contributed by atoms with Crippen molar-refractivity contribution in [3.8, 4) is 0 Å². The van der Waals surface area contributed by atoms with Gasteiger partial charge in [-0.3, -0.25) is 4.18 Å². The lowest BCUT2D eigenvalue weighted by molar-refractivity contribution is 0.0567. The first-order chi connectivity index (χ1) is 9.47. The number of benzene rings is 1. The summed E-state index contributed by atoms with van der Waals surface area (Å²) < 4.78 is 19.3. The SMILES string of the molecule is CC(C)[C@@H]1CC[C@@H](C)C[C@H]1O[S@](=O)c1ccc(Br)cc1. The molecule has 20 heavy (non-hydrogen) atoms. The Labute approximate surface area is 133 Å². The molecule has 1 fully saturated rings. The normalized spacial score (nSPS) is 28.6. The molecular formula is C16H23BrO2S. The first-order valence-electron chi connectivity index (χ1n) is 7.32. The van der Waals surface area contributed by atoms with Crippen LogP contribution in [0, 0.1) is 17.8 Å². The highest BCUT2D eigenvalue weighted by atomic mass is 79.9. The molecule has 0 aliphatic heterocycles. The van der Waals surface area contributed by atoms with Gasteiger partial charge in [0.25, 0.3) is 0 Å². The van der Waals surface area contributed by atoms with Crippen LogP contribution in [0.15, 0.2) is 33.6 Å². The number of rotatable bonds is 4. The fraction of sp³-hybridized carbons (Fsp3) is 0.625. The van der Waals surface area contributed by atoms with E-state index in [0.717, 1.165) is 15.8 Å². The maximum Gasteiger partial charge on any atom is 0.189 e. The minimum Gasteiger partial charge on any atom is -0.283 e. The molecule has 0 heterocycles. The Morgan fingerprint density at radius 1 is 1.25 bits per heavy atom. The number of hydrogen-bond acceptors (Lipinski definition) is 2. The van der Waals surface area contributed by atoms with E-state index < -0.39 is 11.1 Å². The quantitative estimate of drug-likeness (QED) is 0.760. The summed E-state index contributed by atoms with van der Waals surface area (Å²) in [7, 11) is 0. The molecule has 1 aromatic rings. The summed E-state index contributed by atoms with van der Waals surface area (Å²) in [5.41, 5.74) is 0. The zero-order valence-electron chi connectivity index (χ0n) is 12.3. The predicted molar refractivity (Wildman–Crippen MR) is 86.8 cm³/mol. The molecule has 0 aromatic heterocycles. The lowest BCUT2D eigenvalue weighted by atomic mass is 9.75. The van der Waals surface area contributed by atoms with Gasteiger partial charge in [-0.15, -0.1) is 0 Å².